The van der Waals surface area contributed by atoms with Crippen LogP contribution in [0.4, 0.5) is 9.52 Å². The maximum Gasteiger partial charge on any atom is 0.267 e. The van der Waals surface area contributed by atoms with Crippen molar-refractivity contribution in [2.75, 3.05) is 5.32 Å². The smallest absolute Gasteiger partial charge is 0.267 e. The number of benzene rings is 2. The van der Waals surface area contributed by atoms with E-state index in [1.54, 1.807) is 43.3 Å². The summed E-state index contributed by atoms with van der Waals surface area (Å²) >= 11 is 0.753. The number of ether oxygens (including phenoxy) is 1. The lowest BCUT2D eigenvalue weighted by Gasteiger charge is -2.16. The lowest BCUT2D eigenvalue weighted by molar-refractivity contribution is -0.122. The normalized spacial score (nSPS) is 12.3. The first-order valence-corrected chi connectivity index (χ1v) is 11.2. The van der Waals surface area contributed by atoms with Gasteiger partial charge in [0.2, 0.25) is 19.3 Å². The maximum absolute atomic E-state index is 13.7. The summed E-state index contributed by atoms with van der Waals surface area (Å²) < 4.78 is 44.0. The quantitative estimate of drug-likeness (QED) is 0.544. The molecule has 10 heteroatoms. The Morgan fingerprint density at radius 3 is 2.52 bits per heavy atom. The van der Waals surface area contributed by atoms with Crippen LogP contribution in [0, 0.1) is 5.82 Å². The summed E-state index contributed by atoms with van der Waals surface area (Å²) in [4.78, 5) is 12.4. The highest BCUT2D eigenvalue weighted by Gasteiger charge is 2.24. The van der Waals surface area contributed by atoms with Gasteiger partial charge in [0.1, 0.15) is 0 Å². The molecule has 0 saturated heterocycles. The largest absolute Gasteiger partial charge is 0.478 e. The molecule has 1 heterocycles. The fraction of sp³-hybridized carbons (Fsp3) is 0.211. The van der Waals surface area contributed by atoms with Gasteiger partial charge in [-0.2, -0.15) is 0 Å². The Balaban J connectivity index is 1.68. The number of halogens is 1. The molecule has 0 bridgehead atoms. The van der Waals surface area contributed by atoms with Gasteiger partial charge in [0, 0.05) is 0 Å². The molecule has 1 amide bonds. The standard InChI is InChI=1S/C19H18FN3O4S2/c1-2-15(27-16-11-7-6-10-14(16)20)17(24)21-18-22-23-19(28-18)29(25,26)12-13-8-4-3-5-9-13/h3-11,15H,2,12H2,1H3,(H,21,22,24)/t15-/m0/s1. The van der Waals surface area contributed by atoms with Crippen LogP contribution in [-0.2, 0) is 20.4 Å². The molecule has 0 fully saturated rings. The summed E-state index contributed by atoms with van der Waals surface area (Å²) in [6, 6.07) is 14.5. The summed E-state index contributed by atoms with van der Waals surface area (Å²) in [5.41, 5.74) is 0.623. The Kier molecular flexibility index (Phi) is 6.55. The number of rotatable bonds is 8. The first-order chi connectivity index (χ1) is 13.9. The monoisotopic (exact) mass is 435 g/mol. The number of hydrogen-bond acceptors (Lipinski definition) is 7. The topological polar surface area (TPSA) is 98.2 Å². The van der Waals surface area contributed by atoms with E-state index in [4.69, 9.17) is 4.74 Å². The van der Waals surface area contributed by atoms with Gasteiger partial charge < -0.3 is 4.74 Å². The van der Waals surface area contributed by atoms with E-state index in [1.807, 2.05) is 0 Å². The van der Waals surface area contributed by atoms with Gasteiger partial charge in [-0.05, 0) is 24.1 Å². The summed E-state index contributed by atoms with van der Waals surface area (Å²) in [5, 5.41) is 9.93. The van der Waals surface area contributed by atoms with Gasteiger partial charge in [-0.3, -0.25) is 10.1 Å². The third-order valence-electron chi connectivity index (χ3n) is 3.87. The molecule has 1 N–H and O–H groups in total. The first kappa shape index (κ1) is 20.9. The minimum absolute atomic E-state index is 0.0252. The van der Waals surface area contributed by atoms with Crippen LogP contribution in [0.2, 0.25) is 0 Å². The van der Waals surface area contributed by atoms with E-state index < -0.39 is 27.7 Å². The van der Waals surface area contributed by atoms with E-state index in [0.29, 0.717) is 5.56 Å². The minimum Gasteiger partial charge on any atom is -0.478 e. The molecule has 1 aromatic heterocycles. The Morgan fingerprint density at radius 2 is 1.83 bits per heavy atom. The molecule has 152 valence electrons. The Hall–Kier alpha value is -2.85. The molecular formula is C19H18FN3O4S2. The first-order valence-electron chi connectivity index (χ1n) is 8.71. The molecule has 0 saturated carbocycles. The van der Waals surface area contributed by atoms with Crippen LogP contribution in [0.3, 0.4) is 0 Å². The van der Waals surface area contributed by atoms with Crippen molar-refractivity contribution in [1.29, 1.82) is 0 Å². The van der Waals surface area contributed by atoms with Crippen molar-refractivity contribution in [1.82, 2.24) is 10.2 Å². The summed E-state index contributed by atoms with van der Waals surface area (Å²) in [6.45, 7) is 1.71. The summed E-state index contributed by atoms with van der Waals surface area (Å²) in [6.07, 6.45) is -0.696. The Morgan fingerprint density at radius 1 is 1.14 bits per heavy atom. The van der Waals surface area contributed by atoms with Crippen LogP contribution >= 0.6 is 11.3 Å². The van der Waals surface area contributed by atoms with Crippen molar-refractivity contribution < 1.29 is 22.3 Å². The molecule has 3 aromatic rings. The van der Waals surface area contributed by atoms with Crippen molar-refractivity contribution in [3.05, 3.63) is 66.0 Å². The third kappa shape index (κ3) is 5.36. The van der Waals surface area contributed by atoms with Gasteiger partial charge in [-0.15, -0.1) is 10.2 Å². The van der Waals surface area contributed by atoms with Crippen LogP contribution in [0.1, 0.15) is 18.9 Å². The highest BCUT2D eigenvalue weighted by molar-refractivity contribution is 7.92. The van der Waals surface area contributed by atoms with Crippen LogP contribution in [0.15, 0.2) is 58.9 Å². The van der Waals surface area contributed by atoms with Gasteiger partial charge in [0.25, 0.3) is 5.91 Å². The van der Waals surface area contributed by atoms with E-state index in [9.17, 15) is 17.6 Å². The zero-order valence-corrected chi connectivity index (χ0v) is 17.0. The predicted molar refractivity (Wildman–Crippen MR) is 107 cm³/mol. The van der Waals surface area contributed by atoms with Crippen LogP contribution in [-0.4, -0.2) is 30.6 Å². The number of aromatic nitrogens is 2. The number of sulfone groups is 1. The molecule has 3 rings (SSSR count). The van der Waals surface area contributed by atoms with E-state index in [2.05, 4.69) is 15.5 Å². The van der Waals surface area contributed by atoms with E-state index in [1.165, 1.54) is 18.2 Å². The fourth-order valence-electron chi connectivity index (χ4n) is 2.44. The van der Waals surface area contributed by atoms with Crippen molar-refractivity contribution in [3.63, 3.8) is 0 Å². The molecule has 0 unspecified atom stereocenters. The molecular weight excluding hydrogens is 417 g/mol. The van der Waals surface area contributed by atoms with Crippen LogP contribution < -0.4 is 10.1 Å². The zero-order valence-electron chi connectivity index (χ0n) is 15.4. The average Bonchev–Trinajstić information content (AvgIpc) is 3.17. The van der Waals surface area contributed by atoms with E-state index in [-0.39, 0.29) is 27.4 Å². The summed E-state index contributed by atoms with van der Waals surface area (Å²) in [5.74, 6) is -1.41. The van der Waals surface area contributed by atoms with E-state index >= 15 is 0 Å². The number of nitrogens with zero attached hydrogens (tertiary/aromatic N) is 2. The van der Waals surface area contributed by atoms with Gasteiger partial charge >= 0.3 is 0 Å². The Bertz CT molecular complexity index is 1090. The number of carbonyl (C=O) groups is 1. The number of carbonyl (C=O) groups excluding carboxylic acids is 1. The second-order valence-corrected chi connectivity index (χ2v) is 9.19. The van der Waals surface area contributed by atoms with Crippen molar-refractivity contribution in [2.45, 2.75) is 29.5 Å². The number of hydrogen-bond donors (Lipinski definition) is 1. The van der Waals surface area contributed by atoms with Crippen molar-refractivity contribution >= 4 is 32.2 Å². The van der Waals surface area contributed by atoms with Gasteiger partial charge in [0.05, 0.1) is 5.75 Å². The lowest BCUT2D eigenvalue weighted by atomic mass is 10.2. The molecule has 0 aliphatic heterocycles. The highest BCUT2D eigenvalue weighted by Crippen LogP contribution is 2.24. The second kappa shape index (κ2) is 9.10. The third-order valence-corrected chi connectivity index (χ3v) is 6.84. The molecule has 29 heavy (non-hydrogen) atoms. The van der Waals surface area contributed by atoms with Crippen molar-refractivity contribution in [3.8, 4) is 5.75 Å². The maximum atomic E-state index is 13.7. The van der Waals surface area contributed by atoms with E-state index in [0.717, 1.165) is 11.3 Å². The summed E-state index contributed by atoms with van der Waals surface area (Å²) in [7, 11) is -3.70. The molecule has 0 spiro atoms. The number of amides is 1. The van der Waals surface area contributed by atoms with Gasteiger partial charge in [-0.25, -0.2) is 12.8 Å². The average molecular weight is 436 g/mol. The van der Waals surface area contributed by atoms with Crippen LogP contribution in [0.25, 0.3) is 0 Å². The molecule has 0 radical (unpaired) electrons. The Labute approximate surface area is 171 Å². The number of anilines is 1. The molecule has 0 aliphatic rings. The molecule has 0 aliphatic carbocycles. The van der Waals surface area contributed by atoms with Crippen LogP contribution in [0.5, 0.6) is 5.75 Å². The second-order valence-electron chi connectivity index (χ2n) is 6.05. The fourth-order valence-corrected chi connectivity index (χ4v) is 4.76. The minimum atomic E-state index is -3.70. The SMILES string of the molecule is CC[C@H](Oc1ccccc1F)C(=O)Nc1nnc(S(=O)(=O)Cc2ccccc2)s1. The number of para-hydroxylation sites is 1. The van der Waals surface area contributed by atoms with Gasteiger partial charge in [0.15, 0.2) is 17.7 Å². The van der Waals surface area contributed by atoms with Gasteiger partial charge in [-0.1, -0.05) is 60.7 Å². The highest BCUT2D eigenvalue weighted by atomic mass is 32.2. The lowest BCUT2D eigenvalue weighted by Crippen LogP contribution is -2.32. The zero-order chi connectivity index (χ0) is 20.9. The predicted octanol–water partition coefficient (Wildman–Crippen LogP) is 3.45. The molecule has 1 atom stereocenters. The number of nitrogens with one attached hydrogen (secondary N) is 1. The molecule has 2 aromatic carbocycles. The van der Waals surface area contributed by atoms with Crippen molar-refractivity contribution in [2.24, 2.45) is 0 Å². The molecule has 7 nitrogen and oxygen atoms in total.